The molecule has 4 atom stereocenters. The van der Waals surface area contributed by atoms with Gasteiger partial charge in [-0.3, -0.25) is 19.2 Å². The number of unbranched alkanes of at least 4 members (excludes halogenated alkanes) is 1. The number of nitrogens with one attached hydrogen (secondary N) is 3. The molecule has 0 aromatic heterocycles. The summed E-state index contributed by atoms with van der Waals surface area (Å²) < 4.78 is 11.8. The molecule has 10 heteroatoms. The van der Waals surface area contributed by atoms with Crippen molar-refractivity contribution in [2.75, 3.05) is 12.3 Å². The minimum absolute atomic E-state index is 0.0957. The predicted molar refractivity (Wildman–Crippen MR) is 129 cm³/mol. The smallest absolute Gasteiger partial charge is 0.289 e. The van der Waals surface area contributed by atoms with Crippen LogP contribution >= 0.6 is 10.8 Å². The van der Waals surface area contributed by atoms with Crippen molar-refractivity contribution in [3.8, 4) is 0 Å². The van der Waals surface area contributed by atoms with E-state index in [2.05, 4.69) is 16.0 Å². The number of ketones is 1. The van der Waals surface area contributed by atoms with E-state index in [1.165, 1.54) is 10.8 Å². The first-order chi connectivity index (χ1) is 15.1. The zero-order valence-corrected chi connectivity index (χ0v) is 21.5. The molecular formula is C22H39N3O5S2. The van der Waals surface area contributed by atoms with Crippen molar-refractivity contribution >= 4 is 44.1 Å². The average Bonchev–Trinajstić information content (AvgIpc) is 3.12. The highest BCUT2D eigenvalue weighted by molar-refractivity contribution is 8.69. The molecule has 8 nitrogen and oxygen atoms in total. The van der Waals surface area contributed by atoms with E-state index in [9.17, 15) is 23.4 Å². The molecule has 1 rings (SSSR count). The Balaban J connectivity index is 2.61. The van der Waals surface area contributed by atoms with Crippen molar-refractivity contribution in [3.63, 3.8) is 0 Å². The zero-order valence-electron chi connectivity index (χ0n) is 19.9. The summed E-state index contributed by atoms with van der Waals surface area (Å²) in [6.07, 6.45) is 3.92. The Labute approximate surface area is 198 Å². The normalized spacial score (nSPS) is 20.1. The van der Waals surface area contributed by atoms with Gasteiger partial charge in [0.15, 0.2) is 0 Å². The van der Waals surface area contributed by atoms with Crippen molar-refractivity contribution in [1.82, 2.24) is 16.0 Å². The van der Waals surface area contributed by atoms with E-state index in [1.54, 1.807) is 6.92 Å². The first-order valence-electron chi connectivity index (χ1n) is 11.5. The second kappa shape index (κ2) is 14.7. The Morgan fingerprint density at radius 1 is 1.06 bits per heavy atom. The zero-order chi connectivity index (χ0) is 24.3. The van der Waals surface area contributed by atoms with Gasteiger partial charge >= 0.3 is 0 Å². The number of likely N-dealkylation sites (N-methyl/N-ethyl adjacent to an activating group) is 1. The molecule has 1 heterocycles. The molecule has 0 radical (unpaired) electrons. The van der Waals surface area contributed by atoms with Crippen LogP contribution in [0.1, 0.15) is 73.1 Å². The summed E-state index contributed by atoms with van der Waals surface area (Å²) in [6.45, 7) is 9.50. The molecule has 3 N–H and O–H groups in total. The molecule has 0 aliphatic carbocycles. The molecule has 0 saturated carbocycles. The topological polar surface area (TPSA) is 121 Å². The summed E-state index contributed by atoms with van der Waals surface area (Å²) >= 11 is 0. The number of amides is 3. The molecule has 0 aromatic rings. The van der Waals surface area contributed by atoms with Gasteiger partial charge in [0, 0.05) is 24.0 Å². The van der Waals surface area contributed by atoms with Gasteiger partial charge < -0.3 is 16.0 Å². The van der Waals surface area contributed by atoms with Crippen LogP contribution in [0.25, 0.3) is 0 Å². The standard InChI is InChI=1S/C22H39N3O5S2/c1-6-23-22(29)20(27)17(13-14(2)3)24-21(28)19(15(4)5)25-18(26)10-8-7-9-16-11-12-31-32(16)30/h14-17,19H,6-13H2,1-5H3,(H,23,29)(H,24,28)(H,25,26)/t16?,17-,19-,32?/m0/s1. The highest BCUT2D eigenvalue weighted by Gasteiger charge is 2.31. The summed E-state index contributed by atoms with van der Waals surface area (Å²) in [5, 5.41) is 8.16. The highest BCUT2D eigenvalue weighted by Crippen LogP contribution is 2.29. The molecule has 3 amide bonds. The summed E-state index contributed by atoms with van der Waals surface area (Å²) in [5.41, 5.74) is 0. The molecule has 1 saturated heterocycles. The Morgan fingerprint density at radius 2 is 1.75 bits per heavy atom. The summed E-state index contributed by atoms with van der Waals surface area (Å²) in [7, 11) is 0.690. The first-order valence-corrected chi connectivity index (χ1v) is 14.2. The van der Waals surface area contributed by atoms with Gasteiger partial charge in [-0.1, -0.05) is 44.9 Å². The van der Waals surface area contributed by atoms with Crippen molar-refractivity contribution in [2.24, 2.45) is 11.8 Å². The van der Waals surface area contributed by atoms with Gasteiger partial charge in [-0.2, -0.15) is 0 Å². The molecule has 32 heavy (non-hydrogen) atoms. The second-order valence-corrected chi connectivity index (χ2v) is 12.5. The predicted octanol–water partition coefficient (Wildman–Crippen LogP) is 2.09. The molecule has 0 aromatic carbocycles. The quantitative estimate of drug-likeness (QED) is 0.195. The summed E-state index contributed by atoms with van der Waals surface area (Å²) in [4.78, 5) is 49.8. The monoisotopic (exact) mass is 489 g/mol. The molecule has 0 bridgehead atoms. The lowest BCUT2D eigenvalue weighted by atomic mass is 9.97. The van der Waals surface area contributed by atoms with Gasteiger partial charge in [0.05, 0.1) is 15.9 Å². The van der Waals surface area contributed by atoms with Crippen molar-refractivity contribution in [3.05, 3.63) is 0 Å². The van der Waals surface area contributed by atoms with Gasteiger partial charge in [0.2, 0.25) is 17.6 Å². The molecule has 1 aliphatic rings. The fourth-order valence-corrected chi connectivity index (χ4v) is 7.00. The lowest BCUT2D eigenvalue weighted by Crippen LogP contribution is -2.55. The van der Waals surface area contributed by atoms with Crippen molar-refractivity contribution < 1.29 is 23.4 Å². The third-order valence-electron chi connectivity index (χ3n) is 5.26. The van der Waals surface area contributed by atoms with Crippen LogP contribution in [-0.2, 0) is 29.0 Å². The van der Waals surface area contributed by atoms with E-state index in [0.29, 0.717) is 19.4 Å². The van der Waals surface area contributed by atoms with Crippen LogP contribution < -0.4 is 16.0 Å². The fourth-order valence-electron chi connectivity index (χ4n) is 3.50. The largest absolute Gasteiger partial charge is 0.350 e. The molecule has 1 aliphatic heterocycles. The average molecular weight is 490 g/mol. The van der Waals surface area contributed by atoms with Gasteiger partial charge in [-0.15, -0.1) is 0 Å². The van der Waals surface area contributed by atoms with E-state index >= 15 is 0 Å². The van der Waals surface area contributed by atoms with Crippen LogP contribution in [0.3, 0.4) is 0 Å². The van der Waals surface area contributed by atoms with Crippen LogP contribution in [0.15, 0.2) is 0 Å². The number of carbonyl (C=O) groups is 4. The molecule has 0 spiro atoms. The SMILES string of the molecule is CCNC(=O)C(=O)[C@H](CC(C)C)NC(=O)[C@@H](NC(=O)CCCCC1CCSS1=O)C(C)C. The van der Waals surface area contributed by atoms with Crippen LogP contribution in [0.2, 0.25) is 0 Å². The van der Waals surface area contributed by atoms with Crippen LogP contribution in [0, 0.1) is 11.8 Å². The number of rotatable bonds is 14. The maximum atomic E-state index is 12.9. The number of carbonyl (C=O) groups excluding carboxylic acids is 4. The molecule has 184 valence electrons. The van der Waals surface area contributed by atoms with Crippen molar-refractivity contribution in [1.29, 1.82) is 0 Å². The lowest BCUT2D eigenvalue weighted by Gasteiger charge is -2.25. The fraction of sp³-hybridized carbons (Fsp3) is 0.818. The Hall–Kier alpha value is -1.42. The first kappa shape index (κ1) is 28.6. The van der Waals surface area contributed by atoms with Crippen LogP contribution in [-0.4, -0.2) is 57.3 Å². The van der Waals surface area contributed by atoms with E-state index < -0.39 is 39.5 Å². The summed E-state index contributed by atoms with van der Waals surface area (Å²) in [5.74, 6) is -1.24. The number of Topliss-reactive ketones (excluding diaryl/α,β-unsaturated/α-hetero) is 1. The van der Waals surface area contributed by atoms with E-state index in [0.717, 1.165) is 25.0 Å². The molecule has 1 fully saturated rings. The highest BCUT2D eigenvalue weighted by atomic mass is 33.1. The Bertz CT molecular complexity index is 684. The van der Waals surface area contributed by atoms with Gasteiger partial charge in [-0.25, -0.2) is 4.21 Å². The number of hydrogen-bond acceptors (Lipinski definition) is 6. The number of hydrogen-bond donors (Lipinski definition) is 3. The van der Waals surface area contributed by atoms with Crippen LogP contribution in [0.5, 0.6) is 0 Å². The maximum absolute atomic E-state index is 12.9. The third kappa shape index (κ3) is 10.0. The van der Waals surface area contributed by atoms with Crippen molar-refractivity contribution in [2.45, 2.75) is 90.5 Å². The van der Waals surface area contributed by atoms with E-state index in [4.69, 9.17) is 0 Å². The third-order valence-corrected chi connectivity index (χ3v) is 8.92. The second-order valence-electron chi connectivity index (χ2n) is 8.94. The summed E-state index contributed by atoms with van der Waals surface area (Å²) in [6, 6.07) is -1.73. The Kier molecular flexibility index (Phi) is 13.1. The van der Waals surface area contributed by atoms with E-state index in [-0.39, 0.29) is 29.4 Å². The Morgan fingerprint density at radius 3 is 2.28 bits per heavy atom. The van der Waals surface area contributed by atoms with Crippen LogP contribution in [0.4, 0.5) is 0 Å². The molecule has 2 unspecified atom stereocenters. The van der Waals surface area contributed by atoms with Gasteiger partial charge in [-0.05, 0) is 44.4 Å². The minimum atomic E-state index is -0.933. The molecular weight excluding hydrogens is 450 g/mol. The maximum Gasteiger partial charge on any atom is 0.289 e. The van der Waals surface area contributed by atoms with E-state index in [1.807, 2.05) is 27.7 Å². The van der Waals surface area contributed by atoms with Gasteiger partial charge in [0.25, 0.3) is 5.91 Å². The minimum Gasteiger partial charge on any atom is -0.350 e. The van der Waals surface area contributed by atoms with Gasteiger partial charge in [0.1, 0.15) is 6.04 Å². The lowest BCUT2D eigenvalue weighted by molar-refractivity contribution is -0.140.